The zero-order valence-corrected chi connectivity index (χ0v) is 12.5. The Morgan fingerprint density at radius 1 is 0.950 bits per heavy atom. The number of rotatable bonds is 2. The molecular weight excluding hydrogens is 291 g/mol. The van der Waals surface area contributed by atoms with Gasteiger partial charge in [-0.25, -0.2) is 4.98 Å². The molecule has 0 radical (unpaired) electrons. The molecule has 0 aliphatic carbocycles. The van der Waals surface area contributed by atoms with Gasteiger partial charge < -0.3 is 4.98 Å². The molecule has 0 aliphatic heterocycles. The molecule has 0 atom stereocenters. The molecule has 0 saturated carbocycles. The van der Waals surface area contributed by atoms with Crippen molar-refractivity contribution in [2.24, 2.45) is 0 Å². The molecule has 20 heavy (non-hydrogen) atoms. The molecule has 3 aromatic rings. The zero-order valence-electron chi connectivity index (χ0n) is 10.9. The summed E-state index contributed by atoms with van der Waals surface area (Å²) in [6.45, 7) is 2.01. The van der Waals surface area contributed by atoms with Gasteiger partial charge >= 0.3 is 0 Å². The maximum atomic E-state index is 6.02. The summed E-state index contributed by atoms with van der Waals surface area (Å²) in [4.78, 5) is 7.96. The highest BCUT2D eigenvalue weighted by Gasteiger charge is 2.09. The Kier molecular flexibility index (Phi) is 4.48. The van der Waals surface area contributed by atoms with Gasteiger partial charge in [0.25, 0.3) is 0 Å². The van der Waals surface area contributed by atoms with Gasteiger partial charge in [0.15, 0.2) is 0 Å². The molecule has 1 N–H and O–H groups in total. The number of aryl methyl sites for hydroxylation is 1. The summed E-state index contributed by atoms with van der Waals surface area (Å²) < 4.78 is 0. The molecule has 4 heteroatoms. The van der Waals surface area contributed by atoms with E-state index in [1.54, 1.807) is 0 Å². The topological polar surface area (TPSA) is 28.7 Å². The van der Waals surface area contributed by atoms with Crippen LogP contribution in [0.3, 0.4) is 0 Å². The second-order valence-corrected chi connectivity index (χ2v) is 4.86. The van der Waals surface area contributed by atoms with E-state index in [4.69, 9.17) is 11.6 Å². The number of hydrogen-bond donors (Lipinski definition) is 1. The molecule has 0 fully saturated rings. The smallest absolute Gasteiger partial charge is 0.138 e. The molecule has 1 heterocycles. The van der Waals surface area contributed by atoms with Gasteiger partial charge in [0.2, 0.25) is 0 Å². The number of benzene rings is 2. The Hall–Kier alpha value is -1.77. The number of nitrogens with zero attached hydrogens (tertiary/aromatic N) is 1. The summed E-state index contributed by atoms with van der Waals surface area (Å²) in [6.07, 6.45) is 0. The predicted octanol–water partition coefficient (Wildman–Crippen LogP) is 5.13. The van der Waals surface area contributed by atoms with Crippen molar-refractivity contribution in [3.63, 3.8) is 0 Å². The monoisotopic (exact) mass is 304 g/mol. The fourth-order valence-electron chi connectivity index (χ4n) is 2.12. The van der Waals surface area contributed by atoms with E-state index in [0.29, 0.717) is 5.02 Å². The number of aromatic nitrogens is 2. The van der Waals surface area contributed by atoms with Crippen molar-refractivity contribution in [3.8, 4) is 22.6 Å². The zero-order chi connectivity index (χ0) is 13.2. The lowest BCUT2D eigenvalue weighted by molar-refractivity contribution is 1.26. The van der Waals surface area contributed by atoms with E-state index in [1.807, 2.05) is 49.4 Å². The number of imidazole rings is 1. The number of nitrogens with one attached hydrogen (secondary N) is 1. The highest BCUT2D eigenvalue weighted by molar-refractivity contribution is 6.30. The Bertz CT molecular complexity index is 706. The average molecular weight is 305 g/mol. The van der Waals surface area contributed by atoms with Crippen molar-refractivity contribution >= 4 is 24.0 Å². The molecule has 0 aliphatic rings. The normalized spacial score (nSPS) is 10.1. The Balaban J connectivity index is 0.00000147. The average Bonchev–Trinajstić information content (AvgIpc) is 2.82. The van der Waals surface area contributed by atoms with Crippen LogP contribution in [0.5, 0.6) is 0 Å². The summed E-state index contributed by atoms with van der Waals surface area (Å²) in [7, 11) is 0. The van der Waals surface area contributed by atoms with Gasteiger partial charge in [0.1, 0.15) is 5.82 Å². The van der Waals surface area contributed by atoms with Gasteiger partial charge in [-0.05, 0) is 24.6 Å². The maximum Gasteiger partial charge on any atom is 0.138 e. The van der Waals surface area contributed by atoms with Gasteiger partial charge in [-0.15, -0.1) is 12.4 Å². The first-order chi connectivity index (χ1) is 9.24. The number of H-pyrrole nitrogens is 1. The SMILES string of the molecule is Cc1nc(-c2cccc(Cl)c2)[nH]c1-c1ccccc1.Cl. The van der Waals surface area contributed by atoms with E-state index in [2.05, 4.69) is 22.1 Å². The first kappa shape index (κ1) is 14.6. The lowest BCUT2D eigenvalue weighted by Crippen LogP contribution is -1.81. The van der Waals surface area contributed by atoms with Crippen molar-refractivity contribution in [1.82, 2.24) is 9.97 Å². The van der Waals surface area contributed by atoms with Crippen molar-refractivity contribution in [2.45, 2.75) is 6.92 Å². The van der Waals surface area contributed by atoms with Crippen molar-refractivity contribution in [2.75, 3.05) is 0 Å². The van der Waals surface area contributed by atoms with Gasteiger partial charge in [-0.2, -0.15) is 0 Å². The third-order valence-corrected chi connectivity index (χ3v) is 3.28. The Labute approximate surface area is 129 Å². The lowest BCUT2D eigenvalue weighted by atomic mass is 10.1. The van der Waals surface area contributed by atoms with E-state index in [9.17, 15) is 0 Å². The first-order valence-corrected chi connectivity index (χ1v) is 6.50. The van der Waals surface area contributed by atoms with Crippen LogP contribution >= 0.6 is 24.0 Å². The molecule has 1 aromatic heterocycles. The van der Waals surface area contributed by atoms with Crippen LogP contribution in [0.1, 0.15) is 5.69 Å². The summed E-state index contributed by atoms with van der Waals surface area (Å²) in [6, 6.07) is 17.9. The number of halogens is 2. The van der Waals surface area contributed by atoms with E-state index in [0.717, 1.165) is 28.3 Å². The first-order valence-electron chi connectivity index (χ1n) is 6.12. The lowest BCUT2D eigenvalue weighted by Gasteiger charge is -1.99. The minimum Gasteiger partial charge on any atom is -0.338 e. The highest BCUT2D eigenvalue weighted by atomic mass is 35.5. The second kappa shape index (κ2) is 6.12. The minimum atomic E-state index is 0. The third kappa shape index (κ3) is 2.87. The minimum absolute atomic E-state index is 0. The van der Waals surface area contributed by atoms with Crippen LogP contribution in [0.4, 0.5) is 0 Å². The Morgan fingerprint density at radius 2 is 1.65 bits per heavy atom. The van der Waals surface area contributed by atoms with Gasteiger partial charge in [0, 0.05) is 10.6 Å². The molecule has 0 saturated heterocycles. The second-order valence-electron chi connectivity index (χ2n) is 4.42. The molecule has 3 rings (SSSR count). The van der Waals surface area contributed by atoms with Gasteiger partial charge in [-0.3, -0.25) is 0 Å². The van der Waals surface area contributed by atoms with Crippen LogP contribution in [0.2, 0.25) is 5.02 Å². The quantitative estimate of drug-likeness (QED) is 0.699. The summed E-state index contributed by atoms with van der Waals surface area (Å²) >= 11 is 6.02. The highest BCUT2D eigenvalue weighted by Crippen LogP contribution is 2.26. The van der Waals surface area contributed by atoms with Crippen molar-refractivity contribution in [1.29, 1.82) is 0 Å². The van der Waals surface area contributed by atoms with Crippen molar-refractivity contribution < 1.29 is 0 Å². The van der Waals surface area contributed by atoms with Crippen LogP contribution in [0.15, 0.2) is 54.6 Å². The molecule has 0 unspecified atom stereocenters. The predicted molar refractivity (Wildman–Crippen MR) is 86.5 cm³/mol. The Morgan fingerprint density at radius 3 is 2.35 bits per heavy atom. The molecule has 0 spiro atoms. The molecule has 0 amide bonds. The van der Waals surface area contributed by atoms with Crippen LogP contribution in [-0.4, -0.2) is 9.97 Å². The number of aromatic amines is 1. The number of hydrogen-bond acceptors (Lipinski definition) is 1. The molecule has 102 valence electrons. The third-order valence-electron chi connectivity index (χ3n) is 3.05. The molecule has 0 bridgehead atoms. The van der Waals surface area contributed by atoms with Crippen molar-refractivity contribution in [3.05, 3.63) is 65.3 Å². The van der Waals surface area contributed by atoms with E-state index >= 15 is 0 Å². The van der Waals surface area contributed by atoms with E-state index in [-0.39, 0.29) is 12.4 Å². The summed E-state index contributed by atoms with van der Waals surface area (Å²) in [5.41, 5.74) is 4.18. The fourth-order valence-corrected chi connectivity index (χ4v) is 2.31. The van der Waals surface area contributed by atoms with Gasteiger partial charge in [-0.1, -0.05) is 54.1 Å². The fraction of sp³-hybridized carbons (Fsp3) is 0.0625. The summed E-state index contributed by atoms with van der Waals surface area (Å²) in [5, 5.41) is 0.716. The molecule has 2 aromatic carbocycles. The summed E-state index contributed by atoms with van der Waals surface area (Å²) in [5.74, 6) is 0.846. The maximum absolute atomic E-state index is 6.02. The van der Waals surface area contributed by atoms with E-state index < -0.39 is 0 Å². The molecule has 2 nitrogen and oxygen atoms in total. The van der Waals surface area contributed by atoms with Crippen LogP contribution in [0, 0.1) is 6.92 Å². The van der Waals surface area contributed by atoms with Crippen LogP contribution < -0.4 is 0 Å². The van der Waals surface area contributed by atoms with E-state index in [1.165, 1.54) is 0 Å². The van der Waals surface area contributed by atoms with Gasteiger partial charge in [0.05, 0.1) is 11.4 Å². The molecular formula is C16H14Cl2N2. The van der Waals surface area contributed by atoms with Crippen LogP contribution in [-0.2, 0) is 0 Å². The standard InChI is InChI=1S/C16H13ClN2.ClH/c1-11-15(12-6-3-2-4-7-12)19-16(18-11)13-8-5-9-14(17)10-13;/h2-10H,1H3,(H,18,19);1H. The van der Waals surface area contributed by atoms with Crippen LogP contribution in [0.25, 0.3) is 22.6 Å². The largest absolute Gasteiger partial charge is 0.338 e.